The van der Waals surface area contributed by atoms with Crippen molar-refractivity contribution in [1.82, 2.24) is 15.5 Å². The van der Waals surface area contributed by atoms with Crippen LogP contribution in [0.5, 0.6) is 0 Å². The number of likely N-dealkylation sites (N-methyl/N-ethyl adjacent to an activating group) is 1. The van der Waals surface area contributed by atoms with Crippen LogP contribution in [0.25, 0.3) is 0 Å². The molecule has 6 nitrogen and oxygen atoms in total. The van der Waals surface area contributed by atoms with E-state index in [2.05, 4.69) is 52.3 Å². The van der Waals surface area contributed by atoms with E-state index in [1.165, 1.54) is 4.88 Å². The Morgan fingerprint density at radius 3 is 2.55 bits per heavy atom. The Labute approximate surface area is 195 Å². The van der Waals surface area contributed by atoms with Gasteiger partial charge in [-0.25, -0.2) is 0 Å². The van der Waals surface area contributed by atoms with Crippen LogP contribution in [0.3, 0.4) is 0 Å². The highest BCUT2D eigenvalue weighted by molar-refractivity contribution is 14.0. The molecule has 0 atom stereocenters. The number of carbonyl (C=O) groups excluding carboxylic acids is 1. The number of carbonyl (C=O) groups is 1. The lowest BCUT2D eigenvalue weighted by Gasteiger charge is -2.25. The largest absolute Gasteiger partial charge is 0.356 e. The van der Waals surface area contributed by atoms with Crippen LogP contribution in [0.15, 0.2) is 46.8 Å². The Morgan fingerprint density at radius 1 is 1.17 bits per heavy atom. The van der Waals surface area contributed by atoms with Gasteiger partial charge in [0.15, 0.2) is 5.96 Å². The van der Waals surface area contributed by atoms with Crippen LogP contribution in [0.1, 0.15) is 24.3 Å². The van der Waals surface area contributed by atoms with Crippen molar-refractivity contribution < 1.29 is 4.79 Å². The number of aliphatic imine (C=N–C) groups is 1. The number of hydrogen-bond donors (Lipinski definition) is 3. The molecule has 1 aromatic carbocycles. The molecule has 160 valence electrons. The van der Waals surface area contributed by atoms with Crippen LogP contribution in [-0.2, 0) is 16.8 Å². The number of amides is 1. The molecule has 0 unspecified atom stereocenters. The molecule has 2 rings (SSSR count). The first-order chi connectivity index (χ1) is 13.3. The predicted octanol–water partition coefficient (Wildman–Crippen LogP) is 3.51. The second-order valence-corrected chi connectivity index (χ2v) is 8.57. The maximum Gasteiger partial charge on any atom is 0.238 e. The zero-order valence-electron chi connectivity index (χ0n) is 17.8. The summed E-state index contributed by atoms with van der Waals surface area (Å²) in [4.78, 5) is 19.4. The molecule has 1 heterocycles. The van der Waals surface area contributed by atoms with Crippen molar-refractivity contribution in [1.29, 1.82) is 0 Å². The molecule has 0 saturated carbocycles. The highest BCUT2D eigenvalue weighted by Crippen LogP contribution is 2.26. The summed E-state index contributed by atoms with van der Waals surface area (Å²) in [7, 11) is 5.52. The third kappa shape index (κ3) is 8.71. The number of anilines is 1. The number of rotatable bonds is 8. The van der Waals surface area contributed by atoms with Crippen molar-refractivity contribution in [3.63, 3.8) is 0 Å². The van der Waals surface area contributed by atoms with E-state index in [1.807, 2.05) is 43.3 Å². The van der Waals surface area contributed by atoms with Gasteiger partial charge < -0.3 is 20.9 Å². The summed E-state index contributed by atoms with van der Waals surface area (Å²) in [6.07, 6.45) is 0. The molecule has 29 heavy (non-hydrogen) atoms. The molecule has 8 heteroatoms. The van der Waals surface area contributed by atoms with Crippen molar-refractivity contribution in [2.75, 3.05) is 39.5 Å². The summed E-state index contributed by atoms with van der Waals surface area (Å²) in [6, 6.07) is 12.1. The number of thiophene rings is 1. The van der Waals surface area contributed by atoms with Gasteiger partial charge in [-0.1, -0.05) is 32.0 Å². The smallest absolute Gasteiger partial charge is 0.238 e. The lowest BCUT2D eigenvalue weighted by Crippen LogP contribution is -2.42. The molecule has 0 saturated heterocycles. The van der Waals surface area contributed by atoms with E-state index >= 15 is 0 Å². The van der Waals surface area contributed by atoms with Crippen LogP contribution in [-0.4, -0.2) is 51.0 Å². The molecule has 0 bridgehead atoms. The van der Waals surface area contributed by atoms with E-state index in [-0.39, 0.29) is 35.3 Å². The maximum atomic E-state index is 11.9. The van der Waals surface area contributed by atoms with Gasteiger partial charge in [0.2, 0.25) is 5.91 Å². The monoisotopic (exact) mass is 529 g/mol. The molecule has 0 radical (unpaired) electrons. The Kier molecular flexibility index (Phi) is 10.6. The van der Waals surface area contributed by atoms with Crippen LogP contribution in [0.2, 0.25) is 0 Å². The fourth-order valence-corrected chi connectivity index (χ4v) is 3.56. The number of halogens is 1. The maximum absolute atomic E-state index is 11.9. The molecule has 1 aromatic heterocycles. The summed E-state index contributed by atoms with van der Waals surface area (Å²) < 4.78 is 0. The van der Waals surface area contributed by atoms with Gasteiger partial charge in [-0.2, -0.15) is 0 Å². The zero-order valence-corrected chi connectivity index (χ0v) is 20.9. The van der Waals surface area contributed by atoms with E-state index in [4.69, 9.17) is 0 Å². The van der Waals surface area contributed by atoms with Gasteiger partial charge in [-0.3, -0.25) is 9.79 Å². The molecule has 0 aliphatic heterocycles. The topological polar surface area (TPSA) is 68.8 Å². The normalized spacial score (nSPS) is 11.7. The molecule has 0 aliphatic rings. The first-order valence-electron chi connectivity index (χ1n) is 9.32. The van der Waals surface area contributed by atoms with E-state index in [0.717, 1.165) is 23.8 Å². The van der Waals surface area contributed by atoms with Gasteiger partial charge >= 0.3 is 0 Å². The summed E-state index contributed by atoms with van der Waals surface area (Å²) in [5, 5.41) is 11.8. The van der Waals surface area contributed by atoms with Gasteiger partial charge in [-0.15, -0.1) is 35.3 Å². The van der Waals surface area contributed by atoms with E-state index in [0.29, 0.717) is 13.1 Å². The molecular weight excluding hydrogens is 497 g/mol. The van der Waals surface area contributed by atoms with Crippen LogP contribution < -0.4 is 16.0 Å². The van der Waals surface area contributed by atoms with Gasteiger partial charge in [0, 0.05) is 36.1 Å². The lowest BCUT2D eigenvalue weighted by atomic mass is 9.91. The average Bonchev–Trinajstić information content (AvgIpc) is 3.17. The molecule has 2 aromatic rings. The van der Waals surface area contributed by atoms with Gasteiger partial charge in [0.25, 0.3) is 0 Å². The fourth-order valence-electron chi connectivity index (χ4n) is 2.71. The average molecular weight is 529 g/mol. The predicted molar refractivity (Wildman–Crippen MR) is 135 cm³/mol. The van der Waals surface area contributed by atoms with Crippen LogP contribution >= 0.6 is 35.3 Å². The molecule has 3 N–H and O–H groups in total. The second kappa shape index (κ2) is 12.1. The van der Waals surface area contributed by atoms with Crippen LogP contribution in [0.4, 0.5) is 5.69 Å². The van der Waals surface area contributed by atoms with Crippen molar-refractivity contribution in [3.05, 3.63) is 52.2 Å². The number of guanidine groups is 1. The highest BCUT2D eigenvalue weighted by Gasteiger charge is 2.21. The number of nitrogens with zero attached hydrogens (tertiary/aromatic N) is 2. The SMILES string of the molecule is CN=C(NCc1cccc(NC(=O)CN(C)C)c1)NCC(C)(C)c1cccs1.I. The highest BCUT2D eigenvalue weighted by atomic mass is 127. The fraction of sp³-hybridized carbons (Fsp3) is 0.429. The van der Waals surface area contributed by atoms with Crippen LogP contribution in [0, 0.1) is 0 Å². The van der Waals surface area contributed by atoms with Gasteiger partial charge in [0.05, 0.1) is 6.54 Å². The minimum Gasteiger partial charge on any atom is -0.356 e. The Balaban J connectivity index is 0.00000420. The summed E-state index contributed by atoms with van der Waals surface area (Å²) >= 11 is 1.77. The minimum atomic E-state index is -0.0246. The number of hydrogen-bond acceptors (Lipinski definition) is 4. The van der Waals surface area contributed by atoms with Crippen molar-refractivity contribution >= 4 is 52.9 Å². The standard InChI is InChI=1S/C21H31N5OS.HI/c1-21(2,18-10-7-11-28-18)15-24-20(22-3)23-13-16-8-6-9-17(12-16)25-19(27)14-26(4)5;/h6-12H,13-15H2,1-5H3,(H,25,27)(H2,22,23,24);1H. The summed E-state index contributed by atoms with van der Waals surface area (Å²) in [6.45, 7) is 6.21. The molecule has 0 fully saturated rings. The Morgan fingerprint density at radius 2 is 1.93 bits per heavy atom. The Hall–Kier alpha value is -1.65. The number of nitrogens with one attached hydrogen (secondary N) is 3. The quantitative estimate of drug-likeness (QED) is 0.278. The molecule has 1 amide bonds. The third-order valence-electron chi connectivity index (χ3n) is 4.24. The van der Waals surface area contributed by atoms with Crippen molar-refractivity contribution in [2.45, 2.75) is 25.8 Å². The lowest BCUT2D eigenvalue weighted by molar-refractivity contribution is -0.116. The second-order valence-electron chi connectivity index (χ2n) is 7.63. The molecular formula is C21H32IN5OS. The summed E-state index contributed by atoms with van der Waals surface area (Å²) in [5.41, 5.74) is 1.90. The van der Waals surface area contributed by atoms with E-state index in [1.54, 1.807) is 18.4 Å². The molecule has 0 spiro atoms. The minimum absolute atomic E-state index is 0. The van der Waals surface area contributed by atoms with Crippen molar-refractivity contribution in [2.24, 2.45) is 4.99 Å². The Bertz CT molecular complexity index is 790. The first-order valence-corrected chi connectivity index (χ1v) is 10.2. The van der Waals surface area contributed by atoms with Gasteiger partial charge in [-0.05, 0) is 43.2 Å². The number of benzene rings is 1. The van der Waals surface area contributed by atoms with Gasteiger partial charge in [0.1, 0.15) is 0 Å². The van der Waals surface area contributed by atoms with E-state index in [9.17, 15) is 4.79 Å². The van der Waals surface area contributed by atoms with Crippen molar-refractivity contribution in [3.8, 4) is 0 Å². The van der Waals surface area contributed by atoms with E-state index < -0.39 is 0 Å². The molecule has 0 aliphatic carbocycles. The first kappa shape index (κ1) is 25.4. The zero-order chi connectivity index (χ0) is 20.6. The summed E-state index contributed by atoms with van der Waals surface area (Å²) in [5.74, 6) is 0.732. The third-order valence-corrected chi connectivity index (χ3v) is 5.48.